The van der Waals surface area contributed by atoms with Gasteiger partial charge in [-0.15, -0.1) is 0 Å². The van der Waals surface area contributed by atoms with E-state index < -0.39 is 24.0 Å². The van der Waals surface area contributed by atoms with Crippen LogP contribution in [0.3, 0.4) is 0 Å². The molecule has 1 saturated heterocycles. The molecule has 1 fully saturated rings. The Hall–Kier alpha value is -2.90. The second-order valence-electron chi connectivity index (χ2n) is 5.81. The maximum absolute atomic E-state index is 14.5. The number of rotatable bonds is 4. The molecular formula is C17H17FN2O5. The van der Waals surface area contributed by atoms with E-state index in [0.29, 0.717) is 16.8 Å². The molecule has 0 aliphatic carbocycles. The first-order valence-electron chi connectivity index (χ1n) is 7.81. The molecule has 0 bridgehead atoms. The van der Waals surface area contributed by atoms with Crippen molar-refractivity contribution in [1.82, 2.24) is 5.32 Å². The van der Waals surface area contributed by atoms with E-state index in [1.165, 1.54) is 24.0 Å². The first kappa shape index (κ1) is 16.9. The molecule has 0 saturated carbocycles. The van der Waals surface area contributed by atoms with Gasteiger partial charge in [0.05, 0.1) is 25.2 Å². The van der Waals surface area contributed by atoms with Crippen molar-refractivity contribution in [2.45, 2.75) is 19.4 Å². The predicted molar refractivity (Wildman–Crippen MR) is 86.3 cm³/mol. The van der Waals surface area contributed by atoms with Gasteiger partial charge in [-0.3, -0.25) is 14.5 Å². The first-order valence-corrected chi connectivity index (χ1v) is 7.81. The Balaban J connectivity index is 1.74. The van der Waals surface area contributed by atoms with Gasteiger partial charge in [-0.05, 0) is 29.8 Å². The van der Waals surface area contributed by atoms with Crippen LogP contribution >= 0.6 is 0 Å². The van der Waals surface area contributed by atoms with Crippen molar-refractivity contribution in [1.29, 1.82) is 0 Å². The summed E-state index contributed by atoms with van der Waals surface area (Å²) in [6, 6.07) is 4.36. The molecule has 1 atom stereocenters. The lowest BCUT2D eigenvalue weighted by atomic mass is 10.00. The molecule has 7 nitrogen and oxygen atoms in total. The Morgan fingerprint density at radius 1 is 1.40 bits per heavy atom. The van der Waals surface area contributed by atoms with Crippen LogP contribution in [0.5, 0.6) is 0 Å². The van der Waals surface area contributed by atoms with Gasteiger partial charge in [0.1, 0.15) is 18.5 Å². The topological polar surface area (TPSA) is 84.9 Å². The van der Waals surface area contributed by atoms with Crippen LogP contribution in [0.1, 0.15) is 18.9 Å². The van der Waals surface area contributed by atoms with E-state index in [2.05, 4.69) is 5.32 Å². The summed E-state index contributed by atoms with van der Waals surface area (Å²) in [7, 11) is 0. The normalized spacial score (nSPS) is 20.0. The SMILES string of the molecule is CC(=O)NC[C@H]1CN(c2ccc(C3=CCOC(=O)C3)c(F)c2)C(=O)O1. The number of hydrogen-bond acceptors (Lipinski definition) is 5. The maximum Gasteiger partial charge on any atom is 0.414 e. The second-order valence-corrected chi connectivity index (χ2v) is 5.81. The lowest BCUT2D eigenvalue weighted by molar-refractivity contribution is -0.141. The minimum absolute atomic E-state index is 0.0147. The zero-order valence-corrected chi connectivity index (χ0v) is 13.6. The molecule has 2 heterocycles. The number of anilines is 1. The van der Waals surface area contributed by atoms with Gasteiger partial charge in [0, 0.05) is 12.5 Å². The molecule has 8 heteroatoms. The average Bonchev–Trinajstić information content (AvgIpc) is 2.94. The first-order chi connectivity index (χ1) is 11.9. The van der Waals surface area contributed by atoms with Crippen LogP contribution in [0.2, 0.25) is 0 Å². The van der Waals surface area contributed by atoms with E-state index in [9.17, 15) is 18.8 Å². The third-order valence-corrected chi connectivity index (χ3v) is 3.97. The number of halogens is 1. The molecule has 3 rings (SSSR count). The predicted octanol–water partition coefficient (Wildman–Crippen LogP) is 1.62. The molecule has 0 spiro atoms. The van der Waals surface area contributed by atoms with Gasteiger partial charge in [0.25, 0.3) is 0 Å². The van der Waals surface area contributed by atoms with E-state index in [0.717, 1.165) is 0 Å². The molecule has 2 aliphatic rings. The van der Waals surface area contributed by atoms with Crippen LogP contribution in [-0.2, 0) is 19.1 Å². The highest BCUT2D eigenvalue weighted by atomic mass is 19.1. The Kier molecular flexibility index (Phi) is 4.69. The van der Waals surface area contributed by atoms with Crippen LogP contribution in [0.15, 0.2) is 24.3 Å². The third kappa shape index (κ3) is 3.78. The Morgan fingerprint density at radius 2 is 2.20 bits per heavy atom. The smallest absolute Gasteiger partial charge is 0.414 e. The number of hydrogen-bond donors (Lipinski definition) is 1. The third-order valence-electron chi connectivity index (χ3n) is 3.97. The van der Waals surface area contributed by atoms with Gasteiger partial charge in [-0.1, -0.05) is 0 Å². The van der Waals surface area contributed by atoms with Crippen molar-refractivity contribution in [2.24, 2.45) is 0 Å². The molecule has 25 heavy (non-hydrogen) atoms. The highest BCUT2D eigenvalue weighted by Crippen LogP contribution is 2.29. The Morgan fingerprint density at radius 3 is 2.88 bits per heavy atom. The van der Waals surface area contributed by atoms with Gasteiger partial charge >= 0.3 is 12.1 Å². The number of benzene rings is 1. The molecular weight excluding hydrogens is 331 g/mol. The fourth-order valence-electron chi connectivity index (χ4n) is 2.75. The highest BCUT2D eigenvalue weighted by Gasteiger charge is 2.32. The molecule has 0 radical (unpaired) electrons. The lowest BCUT2D eigenvalue weighted by Gasteiger charge is -2.17. The van der Waals surface area contributed by atoms with Gasteiger partial charge < -0.3 is 14.8 Å². The number of esters is 1. The molecule has 1 N–H and O–H groups in total. The summed E-state index contributed by atoms with van der Waals surface area (Å²) in [6.07, 6.45) is 0.589. The monoisotopic (exact) mass is 348 g/mol. The summed E-state index contributed by atoms with van der Waals surface area (Å²) >= 11 is 0. The highest BCUT2D eigenvalue weighted by molar-refractivity contribution is 5.91. The lowest BCUT2D eigenvalue weighted by Crippen LogP contribution is -2.33. The van der Waals surface area contributed by atoms with Gasteiger partial charge in [0.15, 0.2) is 0 Å². The largest absolute Gasteiger partial charge is 0.461 e. The molecule has 132 valence electrons. The Bertz CT molecular complexity index is 761. The van der Waals surface area contributed by atoms with Crippen LogP contribution < -0.4 is 10.2 Å². The number of carbonyl (C=O) groups is 3. The summed E-state index contributed by atoms with van der Waals surface area (Å²) in [5.41, 5.74) is 1.23. The molecule has 2 aliphatic heterocycles. The summed E-state index contributed by atoms with van der Waals surface area (Å²) in [5, 5.41) is 2.58. The fourth-order valence-corrected chi connectivity index (χ4v) is 2.75. The average molecular weight is 348 g/mol. The zero-order valence-electron chi connectivity index (χ0n) is 13.6. The second kappa shape index (κ2) is 6.92. The zero-order chi connectivity index (χ0) is 18.0. The molecule has 2 amide bonds. The van der Waals surface area contributed by atoms with Crippen LogP contribution in [0, 0.1) is 5.82 Å². The van der Waals surface area contributed by atoms with Crippen LogP contribution in [-0.4, -0.2) is 43.8 Å². The molecule has 1 aromatic rings. The maximum atomic E-state index is 14.5. The number of carbonyl (C=O) groups excluding carboxylic acids is 3. The van der Waals surface area contributed by atoms with Gasteiger partial charge in [-0.2, -0.15) is 0 Å². The fraction of sp³-hybridized carbons (Fsp3) is 0.353. The standard InChI is InChI=1S/C17H17FN2O5/c1-10(21)19-8-13-9-20(17(23)25-13)12-2-3-14(15(18)7-12)11-4-5-24-16(22)6-11/h2-4,7,13H,5-6,8-9H2,1H3,(H,19,21)/t13-/m0/s1. The van der Waals surface area contributed by atoms with E-state index in [-0.39, 0.29) is 32.0 Å². The summed E-state index contributed by atoms with van der Waals surface area (Å²) in [5.74, 6) is -1.15. The van der Waals surface area contributed by atoms with Crippen molar-refractivity contribution in [3.63, 3.8) is 0 Å². The van der Waals surface area contributed by atoms with E-state index in [1.54, 1.807) is 12.1 Å². The number of cyclic esters (lactones) is 2. The van der Waals surface area contributed by atoms with Gasteiger partial charge in [0.2, 0.25) is 5.91 Å². The quantitative estimate of drug-likeness (QED) is 0.836. The van der Waals surface area contributed by atoms with Crippen molar-refractivity contribution < 1.29 is 28.2 Å². The van der Waals surface area contributed by atoms with Gasteiger partial charge in [-0.25, -0.2) is 9.18 Å². The summed E-state index contributed by atoms with van der Waals surface area (Å²) < 4.78 is 24.4. The van der Waals surface area contributed by atoms with Crippen molar-refractivity contribution in [3.05, 3.63) is 35.7 Å². The summed E-state index contributed by atoms with van der Waals surface area (Å²) in [6.45, 7) is 1.91. The molecule has 1 aromatic carbocycles. The number of amides is 2. The van der Waals surface area contributed by atoms with Crippen molar-refractivity contribution in [3.8, 4) is 0 Å². The minimum atomic E-state index is -0.594. The van der Waals surface area contributed by atoms with E-state index in [4.69, 9.17) is 9.47 Å². The minimum Gasteiger partial charge on any atom is -0.461 e. The van der Waals surface area contributed by atoms with Crippen molar-refractivity contribution in [2.75, 3.05) is 24.6 Å². The van der Waals surface area contributed by atoms with Crippen LogP contribution in [0.4, 0.5) is 14.9 Å². The molecule has 0 aromatic heterocycles. The van der Waals surface area contributed by atoms with E-state index in [1.807, 2.05) is 0 Å². The number of nitrogens with one attached hydrogen (secondary N) is 1. The number of ether oxygens (including phenoxy) is 2. The molecule has 0 unspecified atom stereocenters. The number of nitrogens with zero attached hydrogens (tertiary/aromatic N) is 1. The van der Waals surface area contributed by atoms with Crippen LogP contribution in [0.25, 0.3) is 5.57 Å². The summed E-state index contributed by atoms with van der Waals surface area (Å²) in [4.78, 5) is 35.5. The Labute approximate surface area is 143 Å². The van der Waals surface area contributed by atoms with E-state index >= 15 is 0 Å². The van der Waals surface area contributed by atoms with Crippen molar-refractivity contribution >= 4 is 29.2 Å².